The number of rotatable bonds is 4. The van der Waals surface area contributed by atoms with Gasteiger partial charge in [-0.2, -0.15) is 0 Å². The molecule has 1 heterocycles. The van der Waals surface area contributed by atoms with Crippen LogP contribution < -0.4 is 10.6 Å². The first-order valence-electron chi connectivity index (χ1n) is 6.09. The largest absolute Gasteiger partial charge is 0.367 e. The van der Waals surface area contributed by atoms with Crippen LogP contribution in [0.15, 0.2) is 30.6 Å². The molecule has 4 nitrogen and oxygen atoms in total. The van der Waals surface area contributed by atoms with Crippen molar-refractivity contribution >= 4 is 5.69 Å². The van der Waals surface area contributed by atoms with E-state index in [-0.39, 0.29) is 0 Å². The van der Waals surface area contributed by atoms with Gasteiger partial charge in [0.05, 0.1) is 6.54 Å². The number of anilines is 1. The van der Waals surface area contributed by atoms with Gasteiger partial charge in [-0.05, 0) is 18.1 Å². The lowest BCUT2D eigenvalue weighted by Crippen LogP contribution is -2.22. The van der Waals surface area contributed by atoms with Gasteiger partial charge in [-0.25, -0.2) is 4.98 Å². The molecule has 0 atom stereocenters. The third-order valence-corrected chi connectivity index (χ3v) is 3.22. The van der Waals surface area contributed by atoms with Gasteiger partial charge in [0.15, 0.2) is 0 Å². The zero-order chi connectivity index (χ0) is 13.1. The molecule has 2 rings (SSSR count). The Kier molecular flexibility index (Phi) is 3.67. The molecular weight excluding hydrogens is 224 g/mol. The molecule has 0 aliphatic rings. The molecule has 4 heteroatoms. The smallest absolute Gasteiger partial charge is 0.127 e. The number of imidazole rings is 1. The molecule has 0 spiro atoms. The van der Waals surface area contributed by atoms with Crippen LogP contribution in [-0.2, 0) is 20.1 Å². The molecule has 0 saturated heterocycles. The second-order valence-electron chi connectivity index (χ2n) is 4.60. The number of nitrogens with zero attached hydrogens (tertiary/aromatic N) is 3. The predicted molar refractivity (Wildman–Crippen MR) is 74.4 cm³/mol. The molecule has 0 unspecified atom stereocenters. The van der Waals surface area contributed by atoms with E-state index in [2.05, 4.69) is 42.1 Å². The van der Waals surface area contributed by atoms with Gasteiger partial charge in [-0.15, -0.1) is 0 Å². The van der Waals surface area contributed by atoms with Crippen molar-refractivity contribution in [2.24, 2.45) is 12.8 Å². The highest BCUT2D eigenvalue weighted by Gasteiger charge is 2.11. The Morgan fingerprint density at radius 2 is 2.17 bits per heavy atom. The van der Waals surface area contributed by atoms with Crippen molar-refractivity contribution in [1.82, 2.24) is 9.55 Å². The van der Waals surface area contributed by atoms with E-state index in [1.807, 2.05) is 24.0 Å². The molecule has 1 aromatic carbocycles. The van der Waals surface area contributed by atoms with Crippen LogP contribution in [0, 0.1) is 6.92 Å². The molecule has 0 aliphatic carbocycles. The summed E-state index contributed by atoms with van der Waals surface area (Å²) in [5.41, 5.74) is 9.44. The molecule has 2 N–H and O–H groups in total. The number of para-hydroxylation sites is 1. The Bertz CT molecular complexity index is 530. The van der Waals surface area contributed by atoms with Gasteiger partial charge in [0, 0.05) is 38.7 Å². The van der Waals surface area contributed by atoms with E-state index < -0.39 is 0 Å². The van der Waals surface area contributed by atoms with Crippen LogP contribution in [-0.4, -0.2) is 16.6 Å². The summed E-state index contributed by atoms with van der Waals surface area (Å²) in [6.07, 6.45) is 3.79. The summed E-state index contributed by atoms with van der Waals surface area (Å²) in [5, 5.41) is 0. The van der Waals surface area contributed by atoms with E-state index in [1.54, 1.807) is 0 Å². The summed E-state index contributed by atoms with van der Waals surface area (Å²) in [7, 11) is 4.09. The minimum absolute atomic E-state index is 0.557. The Labute approximate surface area is 108 Å². The summed E-state index contributed by atoms with van der Waals surface area (Å²) >= 11 is 0. The van der Waals surface area contributed by atoms with E-state index in [0.717, 1.165) is 12.4 Å². The summed E-state index contributed by atoms with van der Waals surface area (Å²) < 4.78 is 2.04. The van der Waals surface area contributed by atoms with E-state index in [0.29, 0.717) is 6.54 Å². The van der Waals surface area contributed by atoms with Gasteiger partial charge in [0.25, 0.3) is 0 Å². The van der Waals surface area contributed by atoms with Gasteiger partial charge in [0.2, 0.25) is 0 Å². The average molecular weight is 244 g/mol. The second-order valence-corrected chi connectivity index (χ2v) is 4.60. The number of benzene rings is 1. The molecule has 0 radical (unpaired) electrons. The standard InChI is InChI=1S/C14H20N4/c1-11-5-4-6-12(9-15)14(11)18(3)10-13-16-7-8-17(13)2/h4-8H,9-10,15H2,1-3H3. The summed E-state index contributed by atoms with van der Waals surface area (Å²) in [6, 6.07) is 6.25. The highest BCUT2D eigenvalue weighted by molar-refractivity contribution is 5.58. The zero-order valence-corrected chi connectivity index (χ0v) is 11.2. The van der Waals surface area contributed by atoms with Crippen LogP contribution in [0.3, 0.4) is 0 Å². The van der Waals surface area contributed by atoms with E-state index in [1.165, 1.54) is 16.8 Å². The third kappa shape index (κ3) is 2.38. The first kappa shape index (κ1) is 12.6. The molecule has 0 aliphatic heterocycles. The predicted octanol–water partition coefficient (Wildman–Crippen LogP) is 1.82. The molecule has 1 aromatic heterocycles. The number of hydrogen-bond acceptors (Lipinski definition) is 3. The Morgan fingerprint density at radius 1 is 1.39 bits per heavy atom. The van der Waals surface area contributed by atoms with Crippen molar-refractivity contribution < 1.29 is 0 Å². The Balaban J connectivity index is 2.29. The molecule has 0 bridgehead atoms. The maximum atomic E-state index is 5.81. The summed E-state index contributed by atoms with van der Waals surface area (Å²) in [4.78, 5) is 6.56. The Morgan fingerprint density at radius 3 is 2.78 bits per heavy atom. The van der Waals surface area contributed by atoms with Gasteiger partial charge < -0.3 is 15.2 Å². The van der Waals surface area contributed by atoms with Crippen LogP contribution in [0.25, 0.3) is 0 Å². The van der Waals surface area contributed by atoms with Gasteiger partial charge in [-0.1, -0.05) is 18.2 Å². The zero-order valence-electron chi connectivity index (χ0n) is 11.2. The number of aryl methyl sites for hydroxylation is 2. The fraction of sp³-hybridized carbons (Fsp3) is 0.357. The molecule has 0 fully saturated rings. The number of hydrogen-bond donors (Lipinski definition) is 1. The molecule has 2 aromatic rings. The minimum Gasteiger partial charge on any atom is -0.367 e. The fourth-order valence-electron chi connectivity index (χ4n) is 2.27. The van der Waals surface area contributed by atoms with Gasteiger partial charge in [0.1, 0.15) is 5.82 Å². The van der Waals surface area contributed by atoms with Crippen molar-refractivity contribution in [1.29, 1.82) is 0 Å². The van der Waals surface area contributed by atoms with Crippen LogP contribution in [0.5, 0.6) is 0 Å². The second kappa shape index (κ2) is 5.23. The van der Waals surface area contributed by atoms with E-state index in [4.69, 9.17) is 5.73 Å². The van der Waals surface area contributed by atoms with Crippen LogP contribution >= 0.6 is 0 Å². The lowest BCUT2D eigenvalue weighted by molar-refractivity contribution is 0.757. The lowest BCUT2D eigenvalue weighted by Gasteiger charge is -2.24. The Hall–Kier alpha value is -1.81. The monoisotopic (exact) mass is 244 g/mol. The van der Waals surface area contributed by atoms with E-state index in [9.17, 15) is 0 Å². The quantitative estimate of drug-likeness (QED) is 0.892. The highest BCUT2D eigenvalue weighted by atomic mass is 15.2. The van der Waals surface area contributed by atoms with Gasteiger partial charge in [-0.3, -0.25) is 0 Å². The number of aromatic nitrogens is 2. The minimum atomic E-state index is 0.557. The lowest BCUT2D eigenvalue weighted by atomic mass is 10.1. The molecule has 0 amide bonds. The maximum Gasteiger partial charge on any atom is 0.127 e. The van der Waals surface area contributed by atoms with Crippen LogP contribution in [0.1, 0.15) is 17.0 Å². The van der Waals surface area contributed by atoms with Gasteiger partial charge >= 0.3 is 0 Å². The first-order chi connectivity index (χ1) is 8.63. The SMILES string of the molecule is Cc1cccc(CN)c1N(C)Cc1nccn1C. The van der Waals surface area contributed by atoms with Crippen molar-refractivity contribution in [3.8, 4) is 0 Å². The first-order valence-corrected chi connectivity index (χ1v) is 6.09. The number of nitrogens with two attached hydrogens (primary N) is 1. The van der Waals surface area contributed by atoms with Crippen molar-refractivity contribution in [3.05, 3.63) is 47.5 Å². The maximum absolute atomic E-state index is 5.81. The third-order valence-electron chi connectivity index (χ3n) is 3.22. The van der Waals surface area contributed by atoms with Crippen molar-refractivity contribution in [2.75, 3.05) is 11.9 Å². The molecule has 0 saturated carbocycles. The normalized spacial score (nSPS) is 10.7. The van der Waals surface area contributed by atoms with E-state index >= 15 is 0 Å². The highest BCUT2D eigenvalue weighted by Crippen LogP contribution is 2.24. The topological polar surface area (TPSA) is 47.1 Å². The van der Waals surface area contributed by atoms with Crippen molar-refractivity contribution in [3.63, 3.8) is 0 Å². The molecule has 96 valence electrons. The van der Waals surface area contributed by atoms with Crippen molar-refractivity contribution in [2.45, 2.75) is 20.0 Å². The van der Waals surface area contributed by atoms with Crippen LogP contribution in [0.4, 0.5) is 5.69 Å². The summed E-state index contributed by atoms with van der Waals surface area (Å²) in [6.45, 7) is 3.45. The molecule has 18 heavy (non-hydrogen) atoms. The van der Waals surface area contributed by atoms with Crippen LogP contribution in [0.2, 0.25) is 0 Å². The average Bonchev–Trinajstić information content (AvgIpc) is 2.74. The fourth-order valence-corrected chi connectivity index (χ4v) is 2.27. The summed E-state index contributed by atoms with van der Waals surface area (Å²) in [5.74, 6) is 1.05. The molecular formula is C14H20N4.